The Labute approximate surface area is 153 Å². The second kappa shape index (κ2) is 7.23. The maximum absolute atomic E-state index is 13.0. The van der Waals surface area contributed by atoms with Gasteiger partial charge in [0.15, 0.2) is 5.43 Å². The van der Waals surface area contributed by atoms with E-state index in [1.165, 1.54) is 6.07 Å². The summed E-state index contributed by atoms with van der Waals surface area (Å²) in [6.45, 7) is 7.65. The van der Waals surface area contributed by atoms with Crippen molar-refractivity contribution in [1.82, 2.24) is 9.88 Å². The Balaban J connectivity index is 1.76. The van der Waals surface area contributed by atoms with Crippen LogP contribution < -0.4 is 15.1 Å². The van der Waals surface area contributed by atoms with Gasteiger partial charge < -0.3 is 19.5 Å². The van der Waals surface area contributed by atoms with Crippen molar-refractivity contribution in [3.8, 4) is 5.75 Å². The molecule has 0 unspecified atom stereocenters. The Hall–Kier alpha value is -2.76. The first-order valence-corrected chi connectivity index (χ1v) is 8.81. The quantitative estimate of drug-likeness (QED) is 0.918. The summed E-state index contributed by atoms with van der Waals surface area (Å²) in [6.07, 6.45) is 0. The molecule has 0 saturated carbocycles. The maximum atomic E-state index is 13.0. The molecule has 0 radical (unpaired) electrons. The van der Waals surface area contributed by atoms with Gasteiger partial charge in [0.05, 0.1) is 7.11 Å². The summed E-state index contributed by atoms with van der Waals surface area (Å²) in [4.78, 5) is 32.4. The van der Waals surface area contributed by atoms with Crippen molar-refractivity contribution in [2.75, 3.05) is 31.6 Å². The number of nitrogens with zero attached hydrogens (tertiary/aromatic N) is 2. The number of anilines is 1. The zero-order valence-corrected chi connectivity index (χ0v) is 15.7. The van der Waals surface area contributed by atoms with Gasteiger partial charge in [0.2, 0.25) is 0 Å². The van der Waals surface area contributed by atoms with Crippen LogP contribution in [0, 0.1) is 13.8 Å². The number of hydrogen-bond acceptors (Lipinski definition) is 4. The number of carbonyl (C=O) groups is 1. The van der Waals surface area contributed by atoms with Crippen molar-refractivity contribution >= 4 is 11.6 Å². The minimum atomic E-state index is -0.214. The molecule has 1 N–H and O–H groups in total. The van der Waals surface area contributed by atoms with E-state index in [9.17, 15) is 9.59 Å². The fraction of sp³-hybridized carbons (Fsp3) is 0.400. The first-order valence-electron chi connectivity index (χ1n) is 8.81. The first kappa shape index (κ1) is 18.0. The van der Waals surface area contributed by atoms with Gasteiger partial charge in [0.1, 0.15) is 11.3 Å². The number of amides is 1. The minimum absolute atomic E-state index is 0.0125. The molecule has 26 heavy (non-hydrogen) atoms. The molecule has 1 aliphatic rings. The molecule has 0 bridgehead atoms. The number of rotatable bonds is 3. The molecule has 2 heterocycles. The Kier molecular flexibility index (Phi) is 5.02. The summed E-state index contributed by atoms with van der Waals surface area (Å²) in [5.74, 6) is 0.635. The van der Waals surface area contributed by atoms with Crippen molar-refractivity contribution in [2.24, 2.45) is 0 Å². The van der Waals surface area contributed by atoms with E-state index in [0.29, 0.717) is 12.2 Å². The van der Waals surface area contributed by atoms with Crippen LogP contribution >= 0.6 is 0 Å². The van der Waals surface area contributed by atoms with Crippen LogP contribution in [0.1, 0.15) is 28.7 Å². The number of methoxy groups -OCH3 is 1. The highest BCUT2D eigenvalue weighted by Crippen LogP contribution is 2.23. The number of aryl methyl sites for hydroxylation is 2. The fourth-order valence-electron chi connectivity index (χ4n) is 3.54. The molecule has 3 rings (SSSR count). The van der Waals surface area contributed by atoms with Gasteiger partial charge in [-0.1, -0.05) is 0 Å². The predicted octanol–water partition coefficient (Wildman–Crippen LogP) is 2.35. The summed E-state index contributed by atoms with van der Waals surface area (Å²) < 4.78 is 5.20. The fourth-order valence-corrected chi connectivity index (χ4v) is 3.54. The van der Waals surface area contributed by atoms with Gasteiger partial charge in [0, 0.05) is 48.8 Å². The van der Waals surface area contributed by atoms with Gasteiger partial charge in [-0.15, -0.1) is 0 Å². The molecule has 1 fully saturated rings. The number of benzene rings is 1. The molecule has 6 heteroatoms. The van der Waals surface area contributed by atoms with Gasteiger partial charge in [-0.3, -0.25) is 9.59 Å². The number of piperazine rings is 1. The first-order chi connectivity index (χ1) is 12.4. The van der Waals surface area contributed by atoms with Crippen molar-refractivity contribution in [3.05, 3.63) is 57.5 Å². The second-order valence-electron chi connectivity index (χ2n) is 6.81. The number of nitrogens with one attached hydrogen (secondary N) is 1. The van der Waals surface area contributed by atoms with E-state index in [1.807, 2.05) is 38.1 Å². The molecule has 0 spiro atoms. The lowest BCUT2D eigenvalue weighted by molar-refractivity contribution is 0.0671. The summed E-state index contributed by atoms with van der Waals surface area (Å²) in [5, 5.41) is 0. The molecule has 1 atom stereocenters. The molecule has 1 aromatic carbocycles. The van der Waals surface area contributed by atoms with Crippen molar-refractivity contribution in [2.45, 2.75) is 26.8 Å². The van der Waals surface area contributed by atoms with E-state index >= 15 is 0 Å². The zero-order chi connectivity index (χ0) is 18.8. The largest absolute Gasteiger partial charge is 0.497 e. The summed E-state index contributed by atoms with van der Waals surface area (Å²) in [5.41, 5.74) is 2.54. The summed E-state index contributed by atoms with van der Waals surface area (Å²) in [6, 6.07) is 9.42. The van der Waals surface area contributed by atoms with Crippen LogP contribution in [0.5, 0.6) is 5.75 Å². The van der Waals surface area contributed by atoms with Gasteiger partial charge in [-0.25, -0.2) is 0 Å². The van der Waals surface area contributed by atoms with Gasteiger partial charge in [-0.05, 0) is 45.0 Å². The molecule has 1 amide bonds. The van der Waals surface area contributed by atoms with E-state index in [0.717, 1.165) is 30.2 Å². The molecule has 0 aliphatic carbocycles. The minimum Gasteiger partial charge on any atom is -0.497 e. The molecule has 1 aliphatic heterocycles. The van der Waals surface area contributed by atoms with Crippen LogP contribution in [0.25, 0.3) is 0 Å². The summed E-state index contributed by atoms with van der Waals surface area (Å²) in [7, 11) is 1.65. The van der Waals surface area contributed by atoms with Crippen molar-refractivity contribution < 1.29 is 9.53 Å². The third-order valence-electron chi connectivity index (χ3n) is 4.89. The predicted molar refractivity (Wildman–Crippen MR) is 102 cm³/mol. The Morgan fingerprint density at radius 3 is 2.46 bits per heavy atom. The standard InChI is InChI=1S/C20H25N3O3/c1-13-11-18(24)19(15(3)21-13)20(25)23-10-9-22(12-14(23)2)16-5-7-17(26-4)8-6-16/h5-8,11,14H,9-10,12H2,1-4H3,(H,21,24)/t14-/m1/s1. The lowest BCUT2D eigenvalue weighted by atomic mass is 10.1. The van der Waals surface area contributed by atoms with E-state index in [2.05, 4.69) is 9.88 Å². The van der Waals surface area contributed by atoms with E-state index in [1.54, 1.807) is 18.9 Å². The highest BCUT2D eigenvalue weighted by molar-refractivity contribution is 5.95. The number of carbonyl (C=O) groups excluding carboxylic acids is 1. The molecule has 138 valence electrons. The Morgan fingerprint density at radius 2 is 1.88 bits per heavy atom. The lowest BCUT2D eigenvalue weighted by Gasteiger charge is -2.41. The monoisotopic (exact) mass is 355 g/mol. The van der Waals surface area contributed by atoms with Gasteiger partial charge in [0.25, 0.3) is 5.91 Å². The van der Waals surface area contributed by atoms with Crippen LogP contribution in [0.2, 0.25) is 0 Å². The summed E-state index contributed by atoms with van der Waals surface area (Å²) >= 11 is 0. The molecular weight excluding hydrogens is 330 g/mol. The number of pyridine rings is 1. The third-order valence-corrected chi connectivity index (χ3v) is 4.89. The normalized spacial score (nSPS) is 17.3. The number of aromatic amines is 1. The average Bonchev–Trinajstić information content (AvgIpc) is 2.60. The number of aromatic nitrogens is 1. The topological polar surface area (TPSA) is 65.6 Å². The maximum Gasteiger partial charge on any atom is 0.259 e. The lowest BCUT2D eigenvalue weighted by Crippen LogP contribution is -2.54. The average molecular weight is 355 g/mol. The molecular formula is C20H25N3O3. The van der Waals surface area contributed by atoms with E-state index in [4.69, 9.17) is 4.74 Å². The number of hydrogen-bond donors (Lipinski definition) is 1. The second-order valence-corrected chi connectivity index (χ2v) is 6.81. The smallest absolute Gasteiger partial charge is 0.259 e. The van der Waals surface area contributed by atoms with Gasteiger partial charge in [-0.2, -0.15) is 0 Å². The van der Waals surface area contributed by atoms with Crippen molar-refractivity contribution in [1.29, 1.82) is 0 Å². The highest BCUT2D eigenvalue weighted by atomic mass is 16.5. The van der Waals surface area contributed by atoms with Crippen molar-refractivity contribution in [3.63, 3.8) is 0 Å². The van der Waals surface area contributed by atoms with E-state index in [-0.39, 0.29) is 22.9 Å². The van der Waals surface area contributed by atoms with Gasteiger partial charge >= 0.3 is 0 Å². The van der Waals surface area contributed by atoms with E-state index < -0.39 is 0 Å². The van der Waals surface area contributed by atoms with Crippen LogP contribution in [-0.4, -0.2) is 48.6 Å². The number of H-pyrrole nitrogens is 1. The van der Waals surface area contributed by atoms with Crippen LogP contribution in [-0.2, 0) is 0 Å². The van der Waals surface area contributed by atoms with Crippen LogP contribution in [0.4, 0.5) is 5.69 Å². The molecule has 2 aromatic rings. The third kappa shape index (κ3) is 3.45. The Morgan fingerprint density at radius 1 is 1.19 bits per heavy atom. The van der Waals surface area contributed by atoms with Crippen LogP contribution in [0.3, 0.4) is 0 Å². The molecule has 1 aromatic heterocycles. The van der Waals surface area contributed by atoms with Crippen LogP contribution in [0.15, 0.2) is 35.1 Å². The SMILES string of the molecule is COc1ccc(N2CCN(C(=O)c3c(C)[nH]c(C)cc3=O)[C@H](C)C2)cc1. The Bertz CT molecular complexity index is 858. The molecule has 6 nitrogen and oxygen atoms in total. The number of ether oxygens (including phenoxy) is 1. The molecule has 1 saturated heterocycles. The highest BCUT2D eigenvalue weighted by Gasteiger charge is 2.30. The zero-order valence-electron chi connectivity index (χ0n) is 15.7.